The summed E-state index contributed by atoms with van der Waals surface area (Å²) in [6.45, 7) is 0.644. The Kier molecular flexibility index (Phi) is 3.86. The van der Waals surface area contributed by atoms with Crippen molar-refractivity contribution in [2.24, 2.45) is 7.05 Å². The first-order valence-electron chi connectivity index (χ1n) is 5.78. The second-order valence-electron chi connectivity index (χ2n) is 4.20. The maximum absolute atomic E-state index is 12.3. The lowest BCUT2D eigenvalue weighted by molar-refractivity contribution is -0.127. The molecule has 1 aliphatic heterocycles. The molecular formula is C11H15ClN4O2. The van der Waals surface area contributed by atoms with Crippen molar-refractivity contribution in [3.8, 4) is 0 Å². The highest BCUT2D eigenvalue weighted by molar-refractivity contribution is 6.27. The van der Waals surface area contributed by atoms with Crippen LogP contribution in [-0.4, -0.2) is 40.1 Å². The average Bonchev–Trinajstić information content (AvgIpc) is 2.78. The summed E-state index contributed by atoms with van der Waals surface area (Å²) in [5.41, 5.74) is 0. The van der Waals surface area contributed by atoms with E-state index >= 15 is 0 Å². The number of amides is 2. The molecule has 2 heterocycles. The highest BCUT2D eigenvalue weighted by Crippen LogP contribution is 2.20. The number of hydrogen-bond donors (Lipinski definition) is 1. The Morgan fingerprint density at radius 1 is 1.67 bits per heavy atom. The van der Waals surface area contributed by atoms with Gasteiger partial charge in [-0.2, -0.15) is 5.10 Å². The summed E-state index contributed by atoms with van der Waals surface area (Å²) in [5, 5.41) is 6.68. The van der Waals surface area contributed by atoms with Gasteiger partial charge in [-0.05, 0) is 12.8 Å². The zero-order valence-corrected chi connectivity index (χ0v) is 10.9. The van der Waals surface area contributed by atoms with Crippen LogP contribution in [0.25, 0.3) is 0 Å². The van der Waals surface area contributed by atoms with Gasteiger partial charge in [0.1, 0.15) is 17.7 Å². The van der Waals surface area contributed by atoms with Crippen LogP contribution in [-0.2, 0) is 16.6 Å². The van der Waals surface area contributed by atoms with E-state index in [1.807, 2.05) is 0 Å². The molecule has 0 aliphatic carbocycles. The first-order valence-corrected chi connectivity index (χ1v) is 6.31. The summed E-state index contributed by atoms with van der Waals surface area (Å²) in [6, 6.07) is 1.30. The van der Waals surface area contributed by atoms with Gasteiger partial charge in [0.15, 0.2) is 0 Å². The van der Waals surface area contributed by atoms with Crippen LogP contribution in [0.4, 0.5) is 5.82 Å². The monoisotopic (exact) mass is 270 g/mol. The zero-order chi connectivity index (χ0) is 13.1. The van der Waals surface area contributed by atoms with Gasteiger partial charge in [0, 0.05) is 19.7 Å². The number of piperidine rings is 1. The molecule has 1 unspecified atom stereocenters. The van der Waals surface area contributed by atoms with Crippen molar-refractivity contribution in [1.29, 1.82) is 0 Å². The average molecular weight is 271 g/mol. The summed E-state index contributed by atoms with van der Waals surface area (Å²) >= 11 is 5.43. The van der Waals surface area contributed by atoms with Crippen molar-refractivity contribution in [2.45, 2.75) is 18.9 Å². The fourth-order valence-corrected chi connectivity index (χ4v) is 2.18. The summed E-state index contributed by atoms with van der Waals surface area (Å²) in [4.78, 5) is 25.2. The van der Waals surface area contributed by atoms with Crippen molar-refractivity contribution in [2.75, 3.05) is 17.3 Å². The number of halogens is 1. The predicted octanol–water partition coefficient (Wildman–Crippen LogP) is 0.270. The number of aromatic nitrogens is 2. The van der Waals surface area contributed by atoms with Gasteiger partial charge in [-0.1, -0.05) is 0 Å². The minimum Gasteiger partial charge on any atom is -0.343 e. The Morgan fingerprint density at radius 2 is 2.44 bits per heavy atom. The molecule has 0 bridgehead atoms. The van der Waals surface area contributed by atoms with Gasteiger partial charge < -0.3 is 5.32 Å². The van der Waals surface area contributed by atoms with Gasteiger partial charge in [-0.15, -0.1) is 11.6 Å². The van der Waals surface area contributed by atoms with Crippen molar-refractivity contribution in [3.05, 3.63) is 12.3 Å². The molecule has 7 heteroatoms. The molecule has 0 radical (unpaired) electrons. The highest BCUT2D eigenvalue weighted by atomic mass is 35.5. The molecule has 0 aromatic carbocycles. The van der Waals surface area contributed by atoms with E-state index in [-0.39, 0.29) is 17.7 Å². The van der Waals surface area contributed by atoms with E-state index < -0.39 is 6.04 Å². The second-order valence-corrected chi connectivity index (χ2v) is 4.47. The third-order valence-electron chi connectivity index (χ3n) is 2.97. The van der Waals surface area contributed by atoms with E-state index in [4.69, 9.17) is 11.6 Å². The van der Waals surface area contributed by atoms with Gasteiger partial charge in [0.2, 0.25) is 5.91 Å². The van der Waals surface area contributed by atoms with Crippen LogP contribution in [0.2, 0.25) is 0 Å². The second kappa shape index (κ2) is 5.39. The molecule has 1 atom stereocenters. The summed E-state index contributed by atoms with van der Waals surface area (Å²) < 4.78 is 1.64. The molecule has 1 N–H and O–H groups in total. The third kappa shape index (κ3) is 2.48. The highest BCUT2D eigenvalue weighted by Gasteiger charge is 2.31. The molecule has 1 aliphatic rings. The molecule has 2 rings (SSSR count). The van der Waals surface area contributed by atoms with Crippen LogP contribution in [0, 0.1) is 0 Å². The molecule has 1 fully saturated rings. The van der Waals surface area contributed by atoms with Crippen LogP contribution < -0.4 is 10.2 Å². The largest absolute Gasteiger partial charge is 0.343 e. The van der Waals surface area contributed by atoms with Crippen LogP contribution in [0.5, 0.6) is 0 Å². The van der Waals surface area contributed by atoms with Gasteiger partial charge in [-0.3, -0.25) is 19.2 Å². The molecule has 1 aromatic heterocycles. The van der Waals surface area contributed by atoms with Crippen molar-refractivity contribution < 1.29 is 9.59 Å². The lowest BCUT2D eigenvalue weighted by Gasteiger charge is -2.32. The summed E-state index contributed by atoms with van der Waals surface area (Å²) in [5.74, 6) is 0.185. The number of nitrogens with one attached hydrogen (secondary N) is 1. The predicted molar refractivity (Wildman–Crippen MR) is 67.4 cm³/mol. The number of carbonyl (C=O) groups is 2. The Balaban J connectivity index is 2.12. The SMILES string of the molecule is Cn1nccc1N1CCCC(NC(=O)CCl)C1=O. The van der Waals surface area contributed by atoms with E-state index in [1.165, 1.54) is 0 Å². The van der Waals surface area contributed by atoms with E-state index in [2.05, 4.69) is 10.4 Å². The number of nitrogens with zero attached hydrogens (tertiary/aromatic N) is 3. The van der Waals surface area contributed by atoms with Crippen LogP contribution in [0.1, 0.15) is 12.8 Å². The van der Waals surface area contributed by atoms with Gasteiger partial charge >= 0.3 is 0 Å². The molecule has 2 amide bonds. The quantitative estimate of drug-likeness (QED) is 0.802. The van der Waals surface area contributed by atoms with Gasteiger partial charge in [-0.25, -0.2) is 0 Å². The molecule has 1 aromatic rings. The summed E-state index contributed by atoms with van der Waals surface area (Å²) in [7, 11) is 1.78. The number of carbonyl (C=O) groups excluding carboxylic acids is 2. The number of aryl methyl sites for hydroxylation is 1. The fourth-order valence-electron chi connectivity index (χ4n) is 2.10. The Labute approximate surface area is 110 Å². The van der Waals surface area contributed by atoms with Crippen LogP contribution in [0.3, 0.4) is 0 Å². The lowest BCUT2D eigenvalue weighted by atomic mass is 10.0. The normalized spacial score (nSPS) is 20.0. The smallest absolute Gasteiger partial charge is 0.250 e. The van der Waals surface area contributed by atoms with E-state index in [0.29, 0.717) is 13.0 Å². The standard InChI is InChI=1S/C11H15ClN4O2/c1-15-10(4-5-13-15)16-6-2-3-8(11(16)18)14-9(17)7-12/h4-5,8H,2-3,6-7H2,1H3,(H,14,17). The van der Waals surface area contributed by atoms with E-state index in [1.54, 1.807) is 28.9 Å². The summed E-state index contributed by atoms with van der Waals surface area (Å²) in [6.07, 6.45) is 3.13. The van der Waals surface area contributed by atoms with Crippen molar-refractivity contribution in [1.82, 2.24) is 15.1 Å². The Bertz CT molecular complexity index is 460. The minimum absolute atomic E-state index is 0.108. The number of alkyl halides is 1. The topological polar surface area (TPSA) is 67.2 Å². The number of hydrogen-bond acceptors (Lipinski definition) is 3. The van der Waals surface area contributed by atoms with Crippen molar-refractivity contribution >= 4 is 29.2 Å². The maximum atomic E-state index is 12.3. The first-order chi connectivity index (χ1) is 8.63. The lowest BCUT2D eigenvalue weighted by Crippen LogP contribution is -2.53. The van der Waals surface area contributed by atoms with E-state index in [9.17, 15) is 9.59 Å². The first kappa shape index (κ1) is 12.9. The van der Waals surface area contributed by atoms with Gasteiger partial charge in [0.25, 0.3) is 5.91 Å². The molecule has 0 spiro atoms. The Hall–Kier alpha value is -1.56. The molecule has 18 heavy (non-hydrogen) atoms. The van der Waals surface area contributed by atoms with E-state index in [0.717, 1.165) is 12.2 Å². The maximum Gasteiger partial charge on any atom is 0.250 e. The van der Waals surface area contributed by atoms with Crippen molar-refractivity contribution in [3.63, 3.8) is 0 Å². The molecule has 1 saturated heterocycles. The Morgan fingerprint density at radius 3 is 3.06 bits per heavy atom. The van der Waals surface area contributed by atoms with Crippen LogP contribution in [0.15, 0.2) is 12.3 Å². The molecule has 98 valence electrons. The minimum atomic E-state index is -0.486. The zero-order valence-electron chi connectivity index (χ0n) is 10.1. The number of rotatable bonds is 3. The number of anilines is 1. The third-order valence-corrected chi connectivity index (χ3v) is 3.21. The van der Waals surface area contributed by atoms with Crippen LogP contribution >= 0.6 is 11.6 Å². The fraction of sp³-hybridized carbons (Fsp3) is 0.545. The molecular weight excluding hydrogens is 256 g/mol. The molecule has 0 saturated carbocycles. The van der Waals surface area contributed by atoms with Gasteiger partial charge in [0.05, 0.1) is 6.20 Å². The molecule has 6 nitrogen and oxygen atoms in total.